The average molecular weight is 582 g/mol. The molecule has 0 saturated heterocycles. The van der Waals surface area contributed by atoms with Gasteiger partial charge in [0.25, 0.3) is 10.0 Å². The zero-order valence-electron chi connectivity index (χ0n) is 20.1. The van der Waals surface area contributed by atoms with Gasteiger partial charge in [0, 0.05) is 11.1 Å². The summed E-state index contributed by atoms with van der Waals surface area (Å²) in [6, 6.07) is 15.1. The summed E-state index contributed by atoms with van der Waals surface area (Å²) in [4.78, 5) is 12.2. The zero-order valence-corrected chi connectivity index (χ0v) is 23.3. The van der Waals surface area contributed by atoms with Crippen molar-refractivity contribution in [2.45, 2.75) is 36.2 Å². The van der Waals surface area contributed by atoms with Gasteiger partial charge >= 0.3 is 4.87 Å². The molecule has 0 unspecified atom stereocenters. The molecular formula is C24H24ClN3O6S3. The fraction of sp³-hybridized carbons (Fsp3) is 0.208. The minimum Gasteiger partial charge on any atom is -0.495 e. The molecule has 0 aliphatic heterocycles. The van der Waals surface area contributed by atoms with E-state index >= 15 is 0 Å². The van der Waals surface area contributed by atoms with Crippen LogP contribution in [0.2, 0.25) is 5.02 Å². The highest BCUT2D eigenvalue weighted by atomic mass is 35.5. The Hall–Kier alpha value is -2.90. The molecular weight excluding hydrogens is 558 g/mol. The molecule has 2 N–H and O–H groups in total. The standard InChI is InChI=1S/C24H24ClN3O6S3/c1-15(2)26-36(30,31)17-9-11-22(34-3)20(12-17)27-37(32,33)18-8-10-21-23(13-18)35-24(29)28(21)14-16-6-4-5-7-19(16)25/h4-13,15,26-27H,14H2,1-3H3. The second kappa shape index (κ2) is 10.5. The van der Waals surface area contributed by atoms with Gasteiger partial charge in [0.15, 0.2) is 0 Å². The number of nitrogens with zero attached hydrogens (tertiary/aromatic N) is 1. The summed E-state index contributed by atoms with van der Waals surface area (Å²) in [6.07, 6.45) is 0. The monoisotopic (exact) mass is 581 g/mol. The van der Waals surface area contributed by atoms with Crippen LogP contribution in [0, 0.1) is 0 Å². The summed E-state index contributed by atoms with van der Waals surface area (Å²) in [5.41, 5.74) is 1.29. The van der Waals surface area contributed by atoms with E-state index in [-0.39, 0.29) is 38.7 Å². The molecule has 0 saturated carbocycles. The fourth-order valence-electron chi connectivity index (χ4n) is 3.68. The molecule has 0 bridgehead atoms. The molecule has 0 aliphatic carbocycles. The van der Waals surface area contributed by atoms with Crippen LogP contribution in [0.4, 0.5) is 5.69 Å². The topological polar surface area (TPSA) is 124 Å². The van der Waals surface area contributed by atoms with Crippen LogP contribution in [0.25, 0.3) is 10.2 Å². The number of aromatic nitrogens is 1. The Morgan fingerprint density at radius 3 is 2.32 bits per heavy atom. The maximum absolute atomic E-state index is 13.3. The van der Waals surface area contributed by atoms with Crippen molar-refractivity contribution >= 4 is 58.9 Å². The number of thiazole rings is 1. The van der Waals surface area contributed by atoms with Crippen molar-refractivity contribution in [1.29, 1.82) is 0 Å². The van der Waals surface area contributed by atoms with E-state index in [2.05, 4.69) is 9.44 Å². The van der Waals surface area contributed by atoms with Gasteiger partial charge in [0.1, 0.15) is 5.75 Å². The predicted octanol–water partition coefficient (Wildman–Crippen LogP) is 4.26. The third-order valence-electron chi connectivity index (χ3n) is 5.35. The van der Waals surface area contributed by atoms with E-state index in [0.29, 0.717) is 15.2 Å². The molecule has 0 atom stereocenters. The van der Waals surface area contributed by atoms with Crippen molar-refractivity contribution in [3.05, 3.63) is 80.9 Å². The van der Waals surface area contributed by atoms with Crippen LogP contribution in [0.5, 0.6) is 5.75 Å². The Balaban J connectivity index is 1.69. The van der Waals surface area contributed by atoms with Gasteiger partial charge in [-0.2, -0.15) is 0 Å². The number of anilines is 1. The molecule has 37 heavy (non-hydrogen) atoms. The molecule has 0 radical (unpaired) electrons. The Morgan fingerprint density at radius 2 is 1.65 bits per heavy atom. The van der Waals surface area contributed by atoms with Crippen molar-refractivity contribution in [2.75, 3.05) is 11.8 Å². The Bertz CT molecular complexity index is 1750. The molecule has 4 aromatic rings. The number of benzene rings is 3. The fourth-order valence-corrected chi connectivity index (χ4v) is 7.24. The maximum Gasteiger partial charge on any atom is 0.308 e. The van der Waals surface area contributed by atoms with E-state index in [1.807, 2.05) is 12.1 Å². The lowest BCUT2D eigenvalue weighted by atomic mass is 10.2. The number of nitrogens with one attached hydrogen (secondary N) is 2. The predicted molar refractivity (Wildman–Crippen MR) is 146 cm³/mol. The third-order valence-corrected chi connectivity index (χ3v) is 9.68. The molecule has 196 valence electrons. The van der Waals surface area contributed by atoms with Crippen LogP contribution in [-0.4, -0.2) is 34.6 Å². The zero-order chi connectivity index (χ0) is 27.0. The first-order chi connectivity index (χ1) is 17.4. The molecule has 9 nitrogen and oxygen atoms in total. The third kappa shape index (κ3) is 5.83. The minimum atomic E-state index is -4.16. The van der Waals surface area contributed by atoms with Crippen LogP contribution in [-0.2, 0) is 26.6 Å². The van der Waals surface area contributed by atoms with Crippen LogP contribution in [0.1, 0.15) is 19.4 Å². The average Bonchev–Trinajstić information content (AvgIpc) is 3.13. The van der Waals surface area contributed by atoms with Gasteiger partial charge in [-0.3, -0.25) is 14.1 Å². The van der Waals surface area contributed by atoms with Crippen molar-refractivity contribution in [3.63, 3.8) is 0 Å². The van der Waals surface area contributed by atoms with Crippen molar-refractivity contribution < 1.29 is 21.6 Å². The van der Waals surface area contributed by atoms with Crippen LogP contribution in [0.3, 0.4) is 0 Å². The summed E-state index contributed by atoms with van der Waals surface area (Å²) in [5.74, 6) is 0.142. The van der Waals surface area contributed by atoms with E-state index < -0.39 is 20.0 Å². The second-order valence-corrected chi connectivity index (χ2v) is 13.2. The highest BCUT2D eigenvalue weighted by molar-refractivity contribution is 7.92. The van der Waals surface area contributed by atoms with Gasteiger partial charge in [-0.1, -0.05) is 41.1 Å². The molecule has 1 aromatic heterocycles. The highest BCUT2D eigenvalue weighted by Gasteiger charge is 2.22. The Kier molecular flexibility index (Phi) is 7.67. The van der Waals surface area contributed by atoms with Crippen molar-refractivity contribution in [3.8, 4) is 5.75 Å². The molecule has 4 rings (SSSR count). The van der Waals surface area contributed by atoms with Crippen molar-refractivity contribution in [2.24, 2.45) is 0 Å². The lowest BCUT2D eigenvalue weighted by Gasteiger charge is -2.15. The largest absolute Gasteiger partial charge is 0.495 e. The summed E-state index contributed by atoms with van der Waals surface area (Å²) >= 11 is 7.16. The van der Waals surface area contributed by atoms with E-state index in [9.17, 15) is 21.6 Å². The molecule has 0 amide bonds. The Labute approximate surface area is 223 Å². The number of hydrogen-bond donors (Lipinski definition) is 2. The first kappa shape index (κ1) is 27.1. The van der Waals surface area contributed by atoms with Gasteiger partial charge in [-0.25, -0.2) is 21.6 Å². The molecule has 0 spiro atoms. The normalized spacial score (nSPS) is 12.2. The number of fused-ring (bicyclic) bond motifs is 1. The number of sulfonamides is 2. The lowest BCUT2D eigenvalue weighted by molar-refractivity contribution is 0.416. The first-order valence-corrected chi connectivity index (χ1v) is 15.2. The molecule has 1 heterocycles. The van der Waals surface area contributed by atoms with Gasteiger partial charge < -0.3 is 4.74 Å². The van der Waals surface area contributed by atoms with Gasteiger partial charge in [-0.15, -0.1) is 0 Å². The summed E-state index contributed by atoms with van der Waals surface area (Å²) in [7, 11) is -6.69. The Morgan fingerprint density at radius 1 is 0.973 bits per heavy atom. The molecule has 3 aromatic carbocycles. The number of halogens is 1. The van der Waals surface area contributed by atoms with Gasteiger partial charge in [-0.05, 0) is 61.9 Å². The lowest BCUT2D eigenvalue weighted by Crippen LogP contribution is -2.30. The van der Waals surface area contributed by atoms with E-state index in [1.165, 1.54) is 42.0 Å². The maximum atomic E-state index is 13.3. The summed E-state index contributed by atoms with van der Waals surface area (Å²) in [5, 5.41) is 0.527. The SMILES string of the molecule is COc1ccc(S(=O)(=O)NC(C)C)cc1NS(=O)(=O)c1ccc2c(c1)sc(=O)n2Cc1ccccc1Cl. The second-order valence-electron chi connectivity index (χ2n) is 8.42. The molecule has 13 heteroatoms. The van der Waals surface area contributed by atoms with E-state index in [0.717, 1.165) is 16.9 Å². The van der Waals surface area contributed by atoms with Crippen LogP contribution < -0.4 is 19.1 Å². The number of ether oxygens (including phenoxy) is 1. The van der Waals surface area contributed by atoms with E-state index in [1.54, 1.807) is 32.0 Å². The highest BCUT2D eigenvalue weighted by Crippen LogP contribution is 2.31. The van der Waals surface area contributed by atoms with Gasteiger partial charge in [0.05, 0.1) is 39.3 Å². The minimum absolute atomic E-state index is 0.0429. The number of methoxy groups -OCH3 is 1. The summed E-state index contributed by atoms with van der Waals surface area (Å²) in [6.45, 7) is 3.60. The molecule has 0 fully saturated rings. The van der Waals surface area contributed by atoms with Gasteiger partial charge in [0.2, 0.25) is 10.0 Å². The first-order valence-electron chi connectivity index (χ1n) is 11.0. The number of hydrogen-bond acceptors (Lipinski definition) is 7. The number of rotatable bonds is 9. The van der Waals surface area contributed by atoms with Crippen LogP contribution >= 0.6 is 22.9 Å². The summed E-state index contributed by atoms with van der Waals surface area (Å²) < 4.78 is 63.8. The smallest absolute Gasteiger partial charge is 0.308 e. The quantitative estimate of drug-likeness (QED) is 0.304. The van der Waals surface area contributed by atoms with Crippen molar-refractivity contribution in [1.82, 2.24) is 9.29 Å². The van der Waals surface area contributed by atoms with E-state index in [4.69, 9.17) is 16.3 Å². The van der Waals surface area contributed by atoms with Crippen LogP contribution in [0.15, 0.2) is 75.2 Å². The molecule has 0 aliphatic rings.